The van der Waals surface area contributed by atoms with E-state index in [9.17, 15) is 14.7 Å². The van der Waals surface area contributed by atoms with E-state index in [4.69, 9.17) is 4.74 Å². The molecule has 0 aliphatic carbocycles. The Hall–Kier alpha value is -2.82. The number of hydrogen-bond donors (Lipinski definition) is 2. The van der Waals surface area contributed by atoms with Crippen LogP contribution in [0, 0.1) is 0 Å². The minimum atomic E-state index is -1.09. The molecule has 114 valence electrons. The Morgan fingerprint density at radius 1 is 1.09 bits per heavy atom. The largest absolute Gasteiger partial charge is 0.478 e. The number of hydrogen-bond acceptors (Lipinski definition) is 3. The molecule has 0 bridgehead atoms. The highest BCUT2D eigenvalue weighted by molar-refractivity contribution is 5.98. The van der Waals surface area contributed by atoms with Crippen LogP contribution in [0.15, 0.2) is 48.5 Å². The van der Waals surface area contributed by atoms with E-state index in [0.717, 1.165) is 17.5 Å². The highest BCUT2D eigenvalue weighted by atomic mass is 16.5. The molecule has 0 radical (unpaired) electrons. The van der Waals surface area contributed by atoms with Crippen LogP contribution < -0.4 is 5.32 Å². The van der Waals surface area contributed by atoms with Gasteiger partial charge in [-0.2, -0.15) is 0 Å². The number of anilines is 1. The predicted octanol–water partition coefficient (Wildman–Crippen LogP) is 3.70. The minimum Gasteiger partial charge on any atom is -0.478 e. The van der Waals surface area contributed by atoms with Gasteiger partial charge in [0, 0.05) is 0 Å². The van der Waals surface area contributed by atoms with Crippen LogP contribution in [0.4, 0.5) is 10.5 Å². The Bertz CT molecular complexity index is 668. The smallest absolute Gasteiger partial charge is 0.411 e. The first-order valence-corrected chi connectivity index (χ1v) is 6.94. The van der Waals surface area contributed by atoms with Gasteiger partial charge < -0.3 is 9.84 Å². The number of amides is 1. The molecule has 0 atom stereocenters. The Kier molecular flexibility index (Phi) is 5.14. The van der Waals surface area contributed by atoms with E-state index in [0.29, 0.717) is 0 Å². The zero-order chi connectivity index (χ0) is 15.9. The second kappa shape index (κ2) is 7.26. The summed E-state index contributed by atoms with van der Waals surface area (Å²) in [5.74, 6) is -1.09. The summed E-state index contributed by atoms with van der Waals surface area (Å²) in [6, 6.07) is 14.2. The molecule has 2 aromatic rings. The summed E-state index contributed by atoms with van der Waals surface area (Å²) < 4.78 is 5.08. The molecule has 5 nitrogen and oxygen atoms in total. The molecule has 0 aromatic heterocycles. The van der Waals surface area contributed by atoms with Gasteiger partial charge in [-0.25, -0.2) is 9.59 Å². The molecule has 2 N–H and O–H groups in total. The number of rotatable bonds is 5. The maximum absolute atomic E-state index is 11.8. The fourth-order valence-corrected chi connectivity index (χ4v) is 1.97. The maximum Gasteiger partial charge on any atom is 0.411 e. The number of carboxylic acid groups (broad SMARTS) is 1. The van der Waals surface area contributed by atoms with Crippen molar-refractivity contribution in [3.8, 4) is 0 Å². The van der Waals surface area contributed by atoms with Crippen molar-refractivity contribution in [1.29, 1.82) is 0 Å². The van der Waals surface area contributed by atoms with Crippen LogP contribution in [0.5, 0.6) is 0 Å². The second-order valence-corrected chi connectivity index (χ2v) is 4.73. The number of carboxylic acids is 1. The van der Waals surface area contributed by atoms with E-state index in [1.807, 2.05) is 37.3 Å². The van der Waals surface area contributed by atoms with Crippen LogP contribution >= 0.6 is 0 Å². The van der Waals surface area contributed by atoms with Crippen LogP contribution in [0.2, 0.25) is 0 Å². The summed E-state index contributed by atoms with van der Waals surface area (Å²) >= 11 is 0. The van der Waals surface area contributed by atoms with Crippen molar-refractivity contribution in [3.63, 3.8) is 0 Å². The number of nitrogens with one attached hydrogen (secondary N) is 1. The van der Waals surface area contributed by atoms with E-state index in [2.05, 4.69) is 5.32 Å². The molecular weight excluding hydrogens is 282 g/mol. The van der Waals surface area contributed by atoms with Gasteiger partial charge in [-0.1, -0.05) is 43.3 Å². The summed E-state index contributed by atoms with van der Waals surface area (Å²) in [5.41, 5.74) is 2.02. The summed E-state index contributed by atoms with van der Waals surface area (Å²) in [5, 5.41) is 11.7. The van der Waals surface area contributed by atoms with Crippen molar-refractivity contribution in [2.24, 2.45) is 0 Å². The fraction of sp³-hybridized carbons (Fsp3) is 0.176. The van der Waals surface area contributed by atoms with E-state index in [1.165, 1.54) is 0 Å². The summed E-state index contributed by atoms with van der Waals surface area (Å²) in [4.78, 5) is 23.0. The van der Waals surface area contributed by atoms with Gasteiger partial charge in [-0.05, 0) is 29.7 Å². The molecule has 2 rings (SSSR count). The van der Waals surface area contributed by atoms with Crippen LogP contribution in [0.3, 0.4) is 0 Å². The molecule has 2 aromatic carbocycles. The van der Waals surface area contributed by atoms with E-state index in [-0.39, 0.29) is 17.9 Å². The second-order valence-electron chi connectivity index (χ2n) is 4.73. The monoisotopic (exact) mass is 299 g/mol. The van der Waals surface area contributed by atoms with Crippen LogP contribution in [0.1, 0.15) is 28.4 Å². The maximum atomic E-state index is 11.8. The molecule has 0 saturated heterocycles. The van der Waals surface area contributed by atoms with Gasteiger partial charge in [0.05, 0.1) is 11.3 Å². The Morgan fingerprint density at radius 2 is 1.82 bits per heavy atom. The van der Waals surface area contributed by atoms with Gasteiger partial charge in [0.25, 0.3) is 0 Å². The van der Waals surface area contributed by atoms with Crippen LogP contribution in [-0.2, 0) is 17.8 Å². The Morgan fingerprint density at radius 3 is 2.45 bits per heavy atom. The lowest BCUT2D eigenvalue weighted by molar-refractivity contribution is 0.0698. The van der Waals surface area contributed by atoms with Gasteiger partial charge in [0.2, 0.25) is 0 Å². The van der Waals surface area contributed by atoms with Crippen molar-refractivity contribution in [2.75, 3.05) is 5.32 Å². The molecule has 0 saturated carbocycles. The molecule has 22 heavy (non-hydrogen) atoms. The normalized spacial score (nSPS) is 10.0. The number of benzene rings is 2. The van der Waals surface area contributed by atoms with Crippen LogP contribution in [-0.4, -0.2) is 17.2 Å². The van der Waals surface area contributed by atoms with Crippen molar-refractivity contribution in [2.45, 2.75) is 20.0 Å². The van der Waals surface area contributed by atoms with Crippen molar-refractivity contribution in [1.82, 2.24) is 0 Å². The molecule has 1 amide bonds. The lowest BCUT2D eigenvalue weighted by atomic mass is 10.1. The van der Waals surface area contributed by atoms with Gasteiger partial charge in [-0.15, -0.1) is 0 Å². The lowest BCUT2D eigenvalue weighted by Crippen LogP contribution is -2.16. The first-order valence-electron chi connectivity index (χ1n) is 6.94. The Labute approximate surface area is 128 Å². The third kappa shape index (κ3) is 4.09. The van der Waals surface area contributed by atoms with Gasteiger partial charge in [0.1, 0.15) is 6.61 Å². The SMILES string of the molecule is CCc1ccc(NC(=O)OCc2ccccc2)c(C(=O)O)c1. The van der Waals surface area contributed by atoms with Gasteiger partial charge >= 0.3 is 12.1 Å². The molecule has 0 heterocycles. The third-order valence-electron chi connectivity index (χ3n) is 3.17. The summed E-state index contributed by atoms with van der Waals surface area (Å²) in [6.07, 6.45) is 0.0366. The van der Waals surface area contributed by atoms with E-state index < -0.39 is 12.1 Å². The quantitative estimate of drug-likeness (QED) is 0.882. The average molecular weight is 299 g/mol. The topological polar surface area (TPSA) is 75.6 Å². The first-order chi connectivity index (χ1) is 10.6. The molecular formula is C17H17NO4. The number of aryl methyl sites for hydroxylation is 1. The first kappa shape index (κ1) is 15.6. The lowest BCUT2D eigenvalue weighted by Gasteiger charge is -2.10. The highest BCUT2D eigenvalue weighted by Gasteiger charge is 2.13. The standard InChI is InChI=1S/C17H17NO4/c1-2-12-8-9-15(14(10-12)16(19)20)18-17(21)22-11-13-6-4-3-5-7-13/h3-10H,2,11H2,1H3,(H,18,21)(H,19,20). The predicted molar refractivity (Wildman–Crippen MR) is 83.0 cm³/mol. The zero-order valence-corrected chi connectivity index (χ0v) is 12.2. The van der Waals surface area contributed by atoms with Crippen molar-refractivity contribution in [3.05, 3.63) is 65.2 Å². The zero-order valence-electron chi connectivity index (χ0n) is 12.2. The number of aromatic carboxylic acids is 1. The van der Waals surface area contributed by atoms with Crippen molar-refractivity contribution >= 4 is 17.7 Å². The number of ether oxygens (including phenoxy) is 1. The molecule has 0 fully saturated rings. The molecule has 5 heteroatoms. The number of carbonyl (C=O) groups excluding carboxylic acids is 1. The average Bonchev–Trinajstić information content (AvgIpc) is 2.54. The summed E-state index contributed by atoms with van der Waals surface area (Å²) in [7, 11) is 0. The van der Waals surface area contributed by atoms with Crippen LogP contribution in [0.25, 0.3) is 0 Å². The minimum absolute atomic E-state index is 0.0519. The van der Waals surface area contributed by atoms with Gasteiger partial charge in [0.15, 0.2) is 0 Å². The van der Waals surface area contributed by atoms with Crippen molar-refractivity contribution < 1.29 is 19.4 Å². The number of carbonyl (C=O) groups is 2. The fourth-order valence-electron chi connectivity index (χ4n) is 1.97. The summed E-state index contributed by atoms with van der Waals surface area (Å²) in [6.45, 7) is 2.06. The molecule has 0 spiro atoms. The van der Waals surface area contributed by atoms with E-state index >= 15 is 0 Å². The van der Waals surface area contributed by atoms with Gasteiger partial charge in [-0.3, -0.25) is 5.32 Å². The molecule has 0 aliphatic rings. The van der Waals surface area contributed by atoms with E-state index in [1.54, 1.807) is 18.2 Å². The highest BCUT2D eigenvalue weighted by Crippen LogP contribution is 2.18. The Balaban J connectivity index is 2.03. The molecule has 0 unspecified atom stereocenters. The molecule has 0 aliphatic heterocycles. The third-order valence-corrected chi connectivity index (χ3v) is 3.17.